The quantitative estimate of drug-likeness (QED) is 0.647. The standard InChI is InChI=1S/C23H26ClFN2O2/c1-27(2)19-7-8-20(27)11-15(10-19)14-29-23(28)26-22-13-18(25)6-9-21(22)16-4-3-5-17(24)12-16/h3-6,9,12-13,15,19-20H,7-8,10-11,14H2,1-2H3/p+1/t15?,19-,20+. The van der Waals surface area contributed by atoms with Crippen molar-refractivity contribution in [3.63, 3.8) is 0 Å². The molecule has 1 unspecified atom stereocenters. The summed E-state index contributed by atoms with van der Waals surface area (Å²) in [6, 6.07) is 12.9. The number of piperidine rings is 1. The lowest BCUT2D eigenvalue weighted by molar-refractivity contribution is -0.931. The second-order valence-electron chi connectivity index (χ2n) is 8.78. The third-order valence-electron chi connectivity index (χ3n) is 6.73. The smallest absolute Gasteiger partial charge is 0.411 e. The average Bonchev–Trinajstić information content (AvgIpc) is 2.84. The van der Waals surface area contributed by atoms with Gasteiger partial charge in [-0.25, -0.2) is 9.18 Å². The summed E-state index contributed by atoms with van der Waals surface area (Å²) in [5.41, 5.74) is 1.87. The summed E-state index contributed by atoms with van der Waals surface area (Å²) >= 11 is 6.08. The van der Waals surface area contributed by atoms with Crippen molar-refractivity contribution in [2.24, 2.45) is 5.92 Å². The first-order valence-electron chi connectivity index (χ1n) is 10.2. The number of ether oxygens (including phenoxy) is 1. The Bertz CT molecular complexity index is 902. The maximum Gasteiger partial charge on any atom is 0.411 e. The number of nitrogens with one attached hydrogen (secondary N) is 1. The highest BCUT2D eigenvalue weighted by molar-refractivity contribution is 6.30. The molecule has 2 heterocycles. The number of carbonyl (C=O) groups is 1. The van der Waals surface area contributed by atoms with Crippen LogP contribution in [0.15, 0.2) is 42.5 Å². The van der Waals surface area contributed by atoms with Crippen molar-refractivity contribution in [3.8, 4) is 11.1 Å². The van der Waals surface area contributed by atoms with Crippen LogP contribution in [-0.2, 0) is 4.74 Å². The van der Waals surface area contributed by atoms with E-state index >= 15 is 0 Å². The Morgan fingerprint density at radius 1 is 1.17 bits per heavy atom. The summed E-state index contributed by atoms with van der Waals surface area (Å²) in [5, 5.41) is 3.29. The van der Waals surface area contributed by atoms with Crippen molar-refractivity contribution in [1.29, 1.82) is 0 Å². The average molecular weight is 418 g/mol. The minimum atomic E-state index is -0.550. The number of hydrogen-bond acceptors (Lipinski definition) is 2. The maximum atomic E-state index is 13.8. The summed E-state index contributed by atoms with van der Waals surface area (Å²) in [5.74, 6) is -0.0285. The van der Waals surface area contributed by atoms with Gasteiger partial charge in [0.15, 0.2) is 0 Å². The summed E-state index contributed by atoms with van der Waals surface area (Å²) in [6.07, 6.45) is 4.14. The lowest BCUT2D eigenvalue weighted by Crippen LogP contribution is -2.55. The van der Waals surface area contributed by atoms with Crippen LogP contribution in [0.25, 0.3) is 11.1 Å². The van der Waals surface area contributed by atoms with Crippen LogP contribution in [0.1, 0.15) is 25.7 Å². The number of halogens is 2. The van der Waals surface area contributed by atoms with Crippen LogP contribution in [0, 0.1) is 11.7 Å². The molecule has 29 heavy (non-hydrogen) atoms. The second-order valence-corrected chi connectivity index (χ2v) is 9.21. The zero-order valence-electron chi connectivity index (χ0n) is 16.8. The van der Waals surface area contributed by atoms with Gasteiger partial charge in [0.25, 0.3) is 0 Å². The van der Waals surface area contributed by atoms with Gasteiger partial charge in [-0.05, 0) is 35.9 Å². The van der Waals surface area contributed by atoms with Gasteiger partial charge >= 0.3 is 6.09 Å². The summed E-state index contributed by atoms with van der Waals surface area (Å²) < 4.78 is 20.4. The van der Waals surface area contributed by atoms with Gasteiger partial charge in [0, 0.05) is 42.2 Å². The van der Waals surface area contributed by atoms with Gasteiger partial charge in [-0.1, -0.05) is 23.7 Å². The van der Waals surface area contributed by atoms with Gasteiger partial charge in [-0.3, -0.25) is 5.32 Å². The topological polar surface area (TPSA) is 38.3 Å². The van der Waals surface area contributed by atoms with Crippen molar-refractivity contribution in [2.45, 2.75) is 37.8 Å². The van der Waals surface area contributed by atoms with Crippen LogP contribution in [-0.4, -0.2) is 43.4 Å². The molecule has 2 fully saturated rings. The Kier molecular flexibility index (Phi) is 5.54. The predicted molar refractivity (Wildman–Crippen MR) is 113 cm³/mol. The number of nitrogens with zero attached hydrogens (tertiary/aromatic N) is 1. The number of amides is 1. The van der Waals surface area contributed by atoms with E-state index in [0.29, 0.717) is 40.9 Å². The van der Waals surface area contributed by atoms with E-state index < -0.39 is 11.9 Å². The first-order valence-corrected chi connectivity index (χ1v) is 10.5. The number of anilines is 1. The van der Waals surface area contributed by atoms with Crippen LogP contribution in [0.5, 0.6) is 0 Å². The molecule has 0 spiro atoms. The normalized spacial score (nSPS) is 24.9. The molecular weight excluding hydrogens is 391 g/mol. The fourth-order valence-corrected chi connectivity index (χ4v) is 5.19. The number of quaternary nitrogens is 1. The third-order valence-corrected chi connectivity index (χ3v) is 6.97. The van der Waals surface area contributed by atoms with E-state index in [1.54, 1.807) is 18.2 Å². The molecule has 0 saturated carbocycles. The zero-order chi connectivity index (χ0) is 20.6. The molecule has 2 bridgehead atoms. The number of benzene rings is 2. The summed E-state index contributed by atoms with van der Waals surface area (Å²) in [7, 11) is 4.63. The predicted octanol–water partition coefficient (Wildman–Crippen LogP) is 5.71. The summed E-state index contributed by atoms with van der Waals surface area (Å²) in [6.45, 7) is 0.403. The minimum absolute atomic E-state index is 0.374. The SMILES string of the molecule is C[N+]1(C)[C@@H]2CC[C@H]1CC(COC(=O)Nc1cc(F)ccc1-c1cccc(Cl)c1)C2. The van der Waals surface area contributed by atoms with Crippen LogP contribution < -0.4 is 5.32 Å². The number of carbonyl (C=O) groups excluding carboxylic acids is 1. The van der Waals surface area contributed by atoms with E-state index in [9.17, 15) is 9.18 Å². The van der Waals surface area contributed by atoms with E-state index in [1.807, 2.05) is 12.1 Å². The van der Waals surface area contributed by atoms with Gasteiger partial charge in [-0.2, -0.15) is 0 Å². The molecule has 0 radical (unpaired) electrons. The molecule has 2 saturated heterocycles. The Hall–Kier alpha value is -2.11. The number of fused-ring (bicyclic) bond motifs is 2. The molecule has 1 N–H and O–H groups in total. The Labute approximate surface area is 176 Å². The number of rotatable bonds is 4. The van der Waals surface area contributed by atoms with Crippen molar-refractivity contribution >= 4 is 23.4 Å². The monoisotopic (exact) mass is 417 g/mol. The Morgan fingerprint density at radius 2 is 1.90 bits per heavy atom. The minimum Gasteiger partial charge on any atom is -0.449 e. The van der Waals surface area contributed by atoms with Crippen LogP contribution >= 0.6 is 11.6 Å². The molecule has 2 aromatic rings. The molecule has 2 aromatic carbocycles. The zero-order valence-corrected chi connectivity index (χ0v) is 17.6. The fraction of sp³-hybridized carbons (Fsp3) is 0.435. The van der Waals surface area contributed by atoms with Gasteiger partial charge in [0.05, 0.1) is 38.5 Å². The Balaban J connectivity index is 1.41. The summed E-state index contributed by atoms with van der Waals surface area (Å²) in [4.78, 5) is 12.4. The third kappa shape index (κ3) is 4.26. The van der Waals surface area contributed by atoms with Crippen molar-refractivity contribution in [2.75, 3.05) is 26.0 Å². The molecule has 3 atom stereocenters. The lowest BCUT2D eigenvalue weighted by Gasteiger charge is -2.44. The van der Waals surface area contributed by atoms with Crippen LogP contribution in [0.2, 0.25) is 5.02 Å². The first kappa shape index (κ1) is 20.2. The highest BCUT2D eigenvalue weighted by Crippen LogP contribution is 2.42. The van der Waals surface area contributed by atoms with Gasteiger partial charge in [0.1, 0.15) is 5.82 Å². The molecular formula is C23H27ClFN2O2+. The van der Waals surface area contributed by atoms with Crippen LogP contribution in [0.4, 0.5) is 14.9 Å². The van der Waals surface area contributed by atoms with E-state index in [-0.39, 0.29) is 0 Å². The van der Waals surface area contributed by atoms with E-state index in [0.717, 1.165) is 22.9 Å². The molecule has 2 aliphatic heterocycles. The molecule has 2 aliphatic rings. The van der Waals surface area contributed by atoms with Crippen molar-refractivity contribution < 1.29 is 18.4 Å². The van der Waals surface area contributed by atoms with Gasteiger partial charge < -0.3 is 9.22 Å². The molecule has 4 nitrogen and oxygen atoms in total. The maximum absolute atomic E-state index is 13.8. The molecule has 6 heteroatoms. The van der Waals surface area contributed by atoms with Gasteiger partial charge in [0.2, 0.25) is 0 Å². The molecule has 0 aromatic heterocycles. The molecule has 1 amide bonds. The van der Waals surface area contributed by atoms with Crippen LogP contribution in [0.3, 0.4) is 0 Å². The van der Waals surface area contributed by atoms with Crippen molar-refractivity contribution in [3.05, 3.63) is 53.3 Å². The molecule has 0 aliphatic carbocycles. The lowest BCUT2D eigenvalue weighted by atomic mass is 9.90. The first-order chi connectivity index (χ1) is 13.8. The molecule has 4 rings (SSSR count). The highest BCUT2D eigenvalue weighted by Gasteiger charge is 2.48. The largest absolute Gasteiger partial charge is 0.449 e. The van der Waals surface area contributed by atoms with E-state index in [1.165, 1.54) is 25.0 Å². The van der Waals surface area contributed by atoms with Crippen molar-refractivity contribution in [1.82, 2.24) is 0 Å². The number of hydrogen-bond donors (Lipinski definition) is 1. The Morgan fingerprint density at radius 3 is 2.59 bits per heavy atom. The van der Waals surface area contributed by atoms with E-state index in [4.69, 9.17) is 16.3 Å². The van der Waals surface area contributed by atoms with Gasteiger partial charge in [-0.15, -0.1) is 0 Å². The van der Waals surface area contributed by atoms with E-state index in [2.05, 4.69) is 19.4 Å². The fourth-order valence-electron chi connectivity index (χ4n) is 5.00. The molecule has 154 valence electrons. The second kappa shape index (κ2) is 7.96. The highest BCUT2D eigenvalue weighted by atomic mass is 35.5.